The Bertz CT molecular complexity index is 1930. The Morgan fingerprint density at radius 3 is 2.42 bits per heavy atom. The zero-order valence-electron chi connectivity index (χ0n) is 28.3. The first-order valence-electron chi connectivity index (χ1n) is 17.0. The number of nitrogens with zero attached hydrogens (tertiary/aromatic N) is 1. The molecule has 15 heteroatoms. The molecule has 2 aromatic rings. The van der Waals surface area contributed by atoms with Crippen LogP contribution in [-0.4, -0.2) is 78.3 Å². The van der Waals surface area contributed by atoms with Crippen LogP contribution in [0.2, 0.25) is 0 Å². The van der Waals surface area contributed by atoms with Crippen LogP contribution in [0.3, 0.4) is 0 Å². The molecule has 4 aliphatic rings. The maximum absolute atomic E-state index is 14.3. The highest BCUT2D eigenvalue weighted by molar-refractivity contribution is 7.91. The fourth-order valence-corrected chi connectivity index (χ4v) is 7.93. The third-order valence-corrected chi connectivity index (χ3v) is 11.8. The molecule has 0 spiro atoms. The highest BCUT2D eigenvalue weighted by atomic mass is 32.2. The van der Waals surface area contributed by atoms with Crippen molar-refractivity contribution in [3.63, 3.8) is 0 Å². The molecule has 2 heterocycles. The number of amides is 5. The van der Waals surface area contributed by atoms with Gasteiger partial charge >= 0.3 is 0 Å². The monoisotopic (exact) mass is 709 g/mol. The molecule has 0 bridgehead atoms. The predicted octanol–water partition coefficient (Wildman–Crippen LogP) is 1.49. The molecule has 0 unspecified atom stereocenters. The van der Waals surface area contributed by atoms with E-state index < -0.39 is 79.3 Å². The maximum Gasteiger partial charge on any atom is 0.259 e. The van der Waals surface area contributed by atoms with E-state index in [-0.39, 0.29) is 48.6 Å². The summed E-state index contributed by atoms with van der Waals surface area (Å²) < 4.78 is 32.9. The second-order valence-electron chi connectivity index (χ2n) is 15.1. The molecular weight excluding hydrogens is 666 g/mol. The number of rotatable bonds is 12. The second-order valence-corrected chi connectivity index (χ2v) is 17.0. The fourth-order valence-electron chi connectivity index (χ4n) is 6.57. The van der Waals surface area contributed by atoms with Crippen molar-refractivity contribution < 1.29 is 36.8 Å². The minimum Gasteiger partial charge on any atom is -0.463 e. The van der Waals surface area contributed by atoms with E-state index in [9.17, 15) is 37.2 Å². The first-order chi connectivity index (χ1) is 23.5. The molecule has 14 nitrogen and oxygen atoms in total. The van der Waals surface area contributed by atoms with Gasteiger partial charge in [-0.3, -0.25) is 33.5 Å². The van der Waals surface area contributed by atoms with E-state index in [1.807, 2.05) is 0 Å². The molecule has 1 aromatic carbocycles. The van der Waals surface area contributed by atoms with E-state index in [4.69, 9.17) is 4.42 Å². The van der Waals surface area contributed by atoms with Crippen LogP contribution in [0, 0.1) is 17.3 Å². The molecule has 1 saturated heterocycles. The highest BCUT2D eigenvalue weighted by Crippen LogP contribution is 2.45. The summed E-state index contributed by atoms with van der Waals surface area (Å²) >= 11 is 0. The van der Waals surface area contributed by atoms with Gasteiger partial charge in [0.25, 0.3) is 11.8 Å². The van der Waals surface area contributed by atoms with Crippen molar-refractivity contribution >= 4 is 50.5 Å². The number of carbonyl (C=O) groups excluding carboxylic acids is 5. The zero-order chi connectivity index (χ0) is 36.2. The van der Waals surface area contributed by atoms with Crippen LogP contribution < -0.4 is 26.1 Å². The number of carbonyl (C=O) groups is 5. The van der Waals surface area contributed by atoms with Crippen LogP contribution in [0.15, 0.2) is 52.4 Å². The van der Waals surface area contributed by atoms with Crippen molar-refractivity contribution in [1.29, 1.82) is 0 Å². The average molecular weight is 710 g/mol. The van der Waals surface area contributed by atoms with Crippen LogP contribution >= 0.6 is 0 Å². The lowest BCUT2D eigenvalue weighted by atomic mass is 9.85. The Labute approximate surface area is 289 Å². The summed E-state index contributed by atoms with van der Waals surface area (Å²) in [5.74, 6) is -3.51. The summed E-state index contributed by atoms with van der Waals surface area (Å²) in [6, 6.07) is 3.40. The quantitative estimate of drug-likeness (QED) is 0.236. The van der Waals surface area contributed by atoms with Crippen molar-refractivity contribution in [1.82, 2.24) is 25.6 Å². The topological polar surface area (TPSA) is 201 Å². The molecule has 268 valence electrons. The van der Waals surface area contributed by atoms with Crippen molar-refractivity contribution in [2.45, 2.75) is 94.6 Å². The van der Waals surface area contributed by atoms with Crippen LogP contribution in [0.1, 0.15) is 76.1 Å². The van der Waals surface area contributed by atoms with Crippen LogP contribution in [-0.2, 0) is 29.2 Å². The summed E-state index contributed by atoms with van der Waals surface area (Å²) in [6.45, 7) is 8.94. The maximum atomic E-state index is 14.3. The van der Waals surface area contributed by atoms with E-state index in [1.54, 1.807) is 39.0 Å². The number of sulfonamides is 1. The third kappa shape index (κ3) is 7.18. The van der Waals surface area contributed by atoms with Crippen molar-refractivity contribution in [2.24, 2.45) is 17.3 Å². The summed E-state index contributed by atoms with van der Waals surface area (Å²) in [4.78, 5) is 82.6. The lowest BCUT2D eigenvalue weighted by molar-refractivity contribution is -0.144. The molecule has 3 saturated carbocycles. The van der Waals surface area contributed by atoms with Gasteiger partial charge in [-0.25, -0.2) is 8.42 Å². The number of hydrogen-bond acceptors (Lipinski definition) is 9. The summed E-state index contributed by atoms with van der Waals surface area (Å²) in [5.41, 5.74) is -2.86. The number of hydrogen-bond donors (Lipinski definition) is 4. The van der Waals surface area contributed by atoms with Gasteiger partial charge < -0.3 is 25.3 Å². The van der Waals surface area contributed by atoms with E-state index in [2.05, 4.69) is 27.3 Å². The molecule has 1 aromatic heterocycles. The zero-order valence-corrected chi connectivity index (χ0v) is 29.1. The molecule has 6 rings (SSSR count). The van der Waals surface area contributed by atoms with Crippen molar-refractivity contribution in [3.8, 4) is 0 Å². The van der Waals surface area contributed by atoms with Crippen molar-refractivity contribution in [3.05, 3.63) is 59.0 Å². The number of para-hydroxylation sites is 1. The van der Waals surface area contributed by atoms with E-state index in [0.717, 1.165) is 19.1 Å². The van der Waals surface area contributed by atoms with Gasteiger partial charge in [-0.1, -0.05) is 39.0 Å². The van der Waals surface area contributed by atoms with Gasteiger partial charge in [0.15, 0.2) is 0 Å². The SMILES string of the molecule is C=C[C@H]1C[C@]1(NC(=O)[C@@H]1C[C@@H](NC(=O)c2coc3ccccc3c2=O)CN1C(=O)[C@@H](NC(=O)CC1CC1)C(C)(C)C)C(=O)NS(=O)(=O)C1CC1. The van der Waals surface area contributed by atoms with Gasteiger partial charge in [-0.05, 0) is 62.0 Å². The van der Waals surface area contributed by atoms with Gasteiger partial charge in [0.2, 0.25) is 33.2 Å². The third-order valence-electron chi connectivity index (χ3n) is 9.98. The molecule has 0 radical (unpaired) electrons. The molecule has 50 heavy (non-hydrogen) atoms. The van der Waals surface area contributed by atoms with E-state index in [1.165, 1.54) is 17.0 Å². The van der Waals surface area contributed by atoms with Gasteiger partial charge in [-0.15, -0.1) is 6.58 Å². The standard InChI is InChI=1S/C35H43N5O9S/c1-5-20-16-35(20,33(46)39-50(47,48)22-12-13-22)38-31(44)25-15-21(36-30(43)24-18-49-26-9-7-6-8-23(26)28(24)42)17-40(25)32(45)29(34(2,3)4)37-27(41)14-19-10-11-19/h5-9,18-22,25,29H,1,10-17H2,2-4H3,(H,36,43)(H,37,41)(H,38,44)(H,39,46)/t20-,21+,25-,29+,35+/m0/s1. The van der Waals surface area contributed by atoms with E-state index >= 15 is 0 Å². The van der Waals surface area contributed by atoms with Gasteiger partial charge in [0, 0.05) is 24.9 Å². The minimum absolute atomic E-state index is 0.0913. The molecule has 5 atom stereocenters. The Hall–Kier alpha value is -4.53. The second kappa shape index (κ2) is 13.0. The van der Waals surface area contributed by atoms with Crippen LogP contribution in [0.4, 0.5) is 0 Å². The first-order valence-corrected chi connectivity index (χ1v) is 18.5. The number of nitrogens with one attached hydrogen (secondary N) is 4. The molecule has 3 aliphatic carbocycles. The van der Waals surface area contributed by atoms with Gasteiger partial charge in [0.1, 0.15) is 35.0 Å². The van der Waals surface area contributed by atoms with Crippen LogP contribution in [0.5, 0.6) is 0 Å². The first kappa shape index (κ1) is 35.3. The fraction of sp³-hybridized carbons (Fsp3) is 0.543. The number of fused-ring (bicyclic) bond motifs is 1. The van der Waals surface area contributed by atoms with Gasteiger partial charge in [-0.2, -0.15) is 0 Å². The summed E-state index contributed by atoms with van der Waals surface area (Å²) in [7, 11) is -3.92. The Kier molecular flexibility index (Phi) is 9.16. The predicted molar refractivity (Wildman–Crippen MR) is 182 cm³/mol. The van der Waals surface area contributed by atoms with Crippen molar-refractivity contribution in [2.75, 3.05) is 6.54 Å². The number of benzene rings is 1. The van der Waals surface area contributed by atoms with Gasteiger partial charge in [0.05, 0.1) is 10.6 Å². The Balaban J connectivity index is 1.26. The van der Waals surface area contributed by atoms with Crippen LogP contribution in [0.25, 0.3) is 11.0 Å². The highest BCUT2D eigenvalue weighted by Gasteiger charge is 2.62. The summed E-state index contributed by atoms with van der Waals surface area (Å²) in [6.07, 6.45) is 5.57. The Morgan fingerprint density at radius 2 is 1.80 bits per heavy atom. The lowest BCUT2D eigenvalue weighted by Crippen LogP contribution is -2.60. The normalized spacial score (nSPS) is 25.3. The molecular formula is C35H43N5O9S. The largest absolute Gasteiger partial charge is 0.463 e. The lowest BCUT2D eigenvalue weighted by Gasteiger charge is -2.35. The average Bonchev–Trinajstić information content (AvgIpc) is 3.94. The molecule has 5 amide bonds. The minimum atomic E-state index is -3.92. The smallest absolute Gasteiger partial charge is 0.259 e. The van der Waals surface area contributed by atoms with E-state index in [0.29, 0.717) is 18.4 Å². The molecule has 4 N–H and O–H groups in total. The molecule has 4 fully saturated rings. The summed E-state index contributed by atoms with van der Waals surface area (Å²) in [5, 5.41) is 7.89. The Morgan fingerprint density at radius 1 is 1.10 bits per heavy atom. The number of likely N-dealkylation sites (tertiary alicyclic amines) is 1. The molecule has 1 aliphatic heterocycles.